The van der Waals surface area contributed by atoms with Crippen molar-refractivity contribution < 1.29 is 26.3 Å². The number of hydrogen-bond donors (Lipinski definition) is 1. The Labute approximate surface area is 178 Å². The Bertz CT molecular complexity index is 1100. The van der Waals surface area contributed by atoms with E-state index in [4.69, 9.17) is 9.47 Å². The first-order valence-corrected chi connectivity index (χ1v) is 12.7. The monoisotopic (exact) mass is 453 g/mol. The molecule has 0 radical (unpaired) electrons. The van der Waals surface area contributed by atoms with Crippen molar-refractivity contribution in [2.45, 2.75) is 53.3 Å². The molecular weight excluding hydrogens is 426 g/mol. The summed E-state index contributed by atoms with van der Waals surface area (Å²) in [4.78, 5) is -0.0413. The molecule has 1 aliphatic rings. The summed E-state index contributed by atoms with van der Waals surface area (Å²) in [5.74, 6) is 0.309. The summed E-state index contributed by atoms with van der Waals surface area (Å²) in [6, 6.07) is 10.2. The summed E-state index contributed by atoms with van der Waals surface area (Å²) in [5.41, 5.74) is 0.569. The molecule has 0 atom stereocenters. The van der Waals surface area contributed by atoms with E-state index in [1.807, 2.05) is 13.8 Å². The smallest absolute Gasteiger partial charge is 0.241 e. The summed E-state index contributed by atoms with van der Waals surface area (Å²) in [7, 11) is -6.38. The molecule has 1 fully saturated rings. The first-order valence-electron chi connectivity index (χ1n) is 9.78. The molecule has 1 N–H and O–H groups in total. The maximum Gasteiger partial charge on any atom is 0.241 e. The average Bonchev–Trinajstić information content (AvgIpc) is 2.73. The minimum atomic E-state index is -3.92. The van der Waals surface area contributed by atoms with Gasteiger partial charge >= 0.3 is 0 Å². The van der Waals surface area contributed by atoms with Crippen LogP contribution in [0.4, 0.5) is 0 Å². The second-order valence-corrected chi connectivity index (χ2v) is 11.2. The molecule has 7 nitrogen and oxygen atoms in total. The summed E-state index contributed by atoms with van der Waals surface area (Å²) in [6.07, 6.45) is 1.16. The van der Waals surface area contributed by atoms with Crippen LogP contribution in [0.5, 0.6) is 5.75 Å². The van der Waals surface area contributed by atoms with Crippen molar-refractivity contribution in [1.82, 2.24) is 4.72 Å². The van der Waals surface area contributed by atoms with Gasteiger partial charge in [-0.25, -0.2) is 21.6 Å². The molecule has 0 bridgehead atoms. The van der Waals surface area contributed by atoms with Gasteiger partial charge in [-0.05, 0) is 54.7 Å². The first-order chi connectivity index (χ1) is 14.1. The average molecular weight is 454 g/mol. The SMILES string of the molecule is COc1cccc(S(=O)(=O)c2ccc(C(C)C)c(S(=O)(=O)NC3CCOCC3)c2)c1. The van der Waals surface area contributed by atoms with Crippen molar-refractivity contribution in [3.05, 3.63) is 48.0 Å². The standard InChI is InChI=1S/C21H27NO6S2/c1-15(2)20-8-7-19(29(23,24)18-6-4-5-17(13-18)27-3)14-21(20)30(25,26)22-16-9-11-28-12-10-16/h4-8,13-16,22H,9-12H2,1-3H3. The Morgan fingerprint density at radius 3 is 2.30 bits per heavy atom. The van der Waals surface area contributed by atoms with Crippen LogP contribution < -0.4 is 9.46 Å². The highest BCUT2D eigenvalue weighted by molar-refractivity contribution is 7.91. The molecule has 0 unspecified atom stereocenters. The van der Waals surface area contributed by atoms with Crippen LogP contribution in [0.15, 0.2) is 57.2 Å². The zero-order valence-electron chi connectivity index (χ0n) is 17.3. The number of nitrogens with one attached hydrogen (secondary N) is 1. The lowest BCUT2D eigenvalue weighted by Gasteiger charge is -2.24. The number of rotatable bonds is 7. The van der Waals surface area contributed by atoms with Gasteiger partial charge in [0.25, 0.3) is 0 Å². The van der Waals surface area contributed by atoms with Gasteiger partial charge in [0, 0.05) is 19.3 Å². The van der Waals surface area contributed by atoms with E-state index in [9.17, 15) is 16.8 Å². The third-order valence-electron chi connectivity index (χ3n) is 5.10. The minimum absolute atomic E-state index is 0.00652. The summed E-state index contributed by atoms with van der Waals surface area (Å²) < 4.78 is 65.8. The molecule has 0 saturated carbocycles. The van der Waals surface area contributed by atoms with E-state index in [0.29, 0.717) is 37.4 Å². The fourth-order valence-corrected chi connectivity index (χ4v) is 6.49. The highest BCUT2D eigenvalue weighted by atomic mass is 32.2. The van der Waals surface area contributed by atoms with Gasteiger partial charge in [0.1, 0.15) is 5.75 Å². The van der Waals surface area contributed by atoms with E-state index >= 15 is 0 Å². The Hall–Kier alpha value is -1.94. The Balaban J connectivity index is 2.06. The van der Waals surface area contributed by atoms with Crippen LogP contribution >= 0.6 is 0 Å². The molecule has 164 valence electrons. The molecule has 9 heteroatoms. The van der Waals surface area contributed by atoms with Crippen LogP contribution in [0.25, 0.3) is 0 Å². The predicted octanol–water partition coefficient (Wildman–Crippen LogP) is 3.11. The van der Waals surface area contributed by atoms with Gasteiger partial charge in [0.15, 0.2) is 0 Å². The highest BCUT2D eigenvalue weighted by Gasteiger charge is 2.28. The van der Waals surface area contributed by atoms with Crippen molar-refractivity contribution in [1.29, 1.82) is 0 Å². The molecule has 1 saturated heterocycles. The van der Waals surface area contributed by atoms with Crippen LogP contribution in [-0.4, -0.2) is 43.2 Å². The van der Waals surface area contributed by atoms with Gasteiger partial charge in [-0.1, -0.05) is 26.0 Å². The van der Waals surface area contributed by atoms with E-state index < -0.39 is 19.9 Å². The van der Waals surface area contributed by atoms with E-state index in [1.54, 1.807) is 18.2 Å². The van der Waals surface area contributed by atoms with Crippen LogP contribution in [0.2, 0.25) is 0 Å². The fraction of sp³-hybridized carbons (Fsp3) is 0.429. The molecule has 0 aliphatic carbocycles. The molecule has 0 aromatic heterocycles. The molecule has 1 aliphatic heterocycles. The third kappa shape index (κ3) is 4.85. The van der Waals surface area contributed by atoms with Crippen molar-refractivity contribution >= 4 is 19.9 Å². The minimum Gasteiger partial charge on any atom is -0.497 e. The van der Waals surface area contributed by atoms with Crippen LogP contribution in [0.1, 0.15) is 38.2 Å². The van der Waals surface area contributed by atoms with Crippen molar-refractivity contribution in [3.63, 3.8) is 0 Å². The van der Waals surface area contributed by atoms with E-state index in [0.717, 1.165) is 0 Å². The summed E-state index contributed by atoms with van der Waals surface area (Å²) >= 11 is 0. The Morgan fingerprint density at radius 2 is 1.67 bits per heavy atom. The largest absolute Gasteiger partial charge is 0.497 e. The maximum absolute atomic E-state index is 13.2. The summed E-state index contributed by atoms with van der Waals surface area (Å²) in [5, 5.41) is 0. The van der Waals surface area contributed by atoms with Crippen LogP contribution in [0.3, 0.4) is 0 Å². The third-order valence-corrected chi connectivity index (χ3v) is 8.43. The molecule has 2 aromatic carbocycles. The van der Waals surface area contributed by atoms with Gasteiger partial charge < -0.3 is 9.47 Å². The lowest BCUT2D eigenvalue weighted by Crippen LogP contribution is -2.39. The normalized spacial score (nSPS) is 16.0. The first kappa shape index (κ1) is 22.7. The van der Waals surface area contributed by atoms with Gasteiger partial charge in [0.2, 0.25) is 19.9 Å². The Kier molecular flexibility index (Phi) is 6.86. The van der Waals surface area contributed by atoms with Gasteiger partial charge in [-0.15, -0.1) is 0 Å². The van der Waals surface area contributed by atoms with Gasteiger partial charge in [-0.2, -0.15) is 0 Å². The molecular formula is C21H27NO6S2. The molecule has 2 aromatic rings. The van der Waals surface area contributed by atoms with Gasteiger partial charge in [-0.3, -0.25) is 0 Å². The fourth-order valence-electron chi connectivity index (χ4n) is 3.39. The quantitative estimate of drug-likeness (QED) is 0.692. The topological polar surface area (TPSA) is 98.8 Å². The van der Waals surface area contributed by atoms with Crippen LogP contribution in [-0.2, 0) is 24.6 Å². The number of methoxy groups -OCH3 is 1. The molecule has 0 amide bonds. The lowest BCUT2D eigenvalue weighted by molar-refractivity contribution is 0.0832. The number of ether oxygens (including phenoxy) is 2. The maximum atomic E-state index is 13.2. The zero-order chi connectivity index (χ0) is 21.9. The molecule has 1 heterocycles. The van der Waals surface area contributed by atoms with Gasteiger partial charge in [0.05, 0.1) is 21.8 Å². The van der Waals surface area contributed by atoms with Crippen molar-refractivity contribution in [2.75, 3.05) is 20.3 Å². The van der Waals surface area contributed by atoms with Crippen molar-refractivity contribution in [3.8, 4) is 5.75 Å². The number of hydrogen-bond acceptors (Lipinski definition) is 6. The molecule has 30 heavy (non-hydrogen) atoms. The van der Waals surface area contributed by atoms with E-state index in [1.165, 1.54) is 31.4 Å². The highest BCUT2D eigenvalue weighted by Crippen LogP contribution is 2.31. The predicted molar refractivity (Wildman–Crippen MR) is 113 cm³/mol. The Morgan fingerprint density at radius 1 is 1.00 bits per heavy atom. The molecule has 3 rings (SSSR count). The summed E-state index contributed by atoms with van der Waals surface area (Å²) in [6.45, 7) is 4.74. The second-order valence-electron chi connectivity index (χ2n) is 7.54. The van der Waals surface area contributed by atoms with E-state index in [-0.39, 0.29) is 26.6 Å². The number of benzene rings is 2. The number of sulfone groups is 1. The van der Waals surface area contributed by atoms with E-state index in [2.05, 4.69) is 4.72 Å². The van der Waals surface area contributed by atoms with Crippen molar-refractivity contribution in [2.24, 2.45) is 0 Å². The second kappa shape index (κ2) is 9.05. The lowest BCUT2D eigenvalue weighted by atomic mass is 10.0. The van der Waals surface area contributed by atoms with Crippen LogP contribution in [0, 0.1) is 0 Å². The number of sulfonamides is 1. The zero-order valence-corrected chi connectivity index (χ0v) is 18.9. The molecule has 0 spiro atoms.